The molecule has 1 spiro atoms. The first kappa shape index (κ1) is 27.9. The maximum absolute atomic E-state index is 13.3. The molecule has 2 aromatic carbocycles. The van der Waals surface area contributed by atoms with Crippen LogP contribution >= 0.6 is 0 Å². The standard InChI is InChI=1S/C26H32N4O7S2/c27-38(32,33)23-6-3-5-22(13-23)36-18-21(31)15-28-20-14-26(37-17-20)8-10-30(11-9-26)39(34,35)24-12-19-4-1-2-7-25(19)29-16-24/h1-7,12-13,16,20-21,28,31H,8-11,14-15,17-18H2,(H2,27,32,33)/t20-,21?/m1/s1. The highest BCUT2D eigenvalue weighted by Crippen LogP contribution is 2.37. The highest BCUT2D eigenvalue weighted by molar-refractivity contribution is 7.89. The van der Waals surface area contributed by atoms with Crippen LogP contribution in [0.4, 0.5) is 0 Å². The van der Waals surface area contributed by atoms with Crippen molar-refractivity contribution in [1.29, 1.82) is 0 Å². The number of nitrogens with two attached hydrogens (primary N) is 1. The molecule has 210 valence electrons. The van der Waals surface area contributed by atoms with Crippen molar-refractivity contribution in [2.75, 3.05) is 32.8 Å². The van der Waals surface area contributed by atoms with Crippen molar-refractivity contribution < 1.29 is 31.4 Å². The fraction of sp³-hybridized carbons (Fsp3) is 0.423. The average Bonchev–Trinajstić information content (AvgIpc) is 3.32. The molecule has 5 rings (SSSR count). The summed E-state index contributed by atoms with van der Waals surface area (Å²) < 4.78 is 62.7. The van der Waals surface area contributed by atoms with Crippen molar-refractivity contribution in [3.05, 3.63) is 60.8 Å². The number of benzene rings is 2. The first-order valence-electron chi connectivity index (χ1n) is 12.7. The smallest absolute Gasteiger partial charge is 0.244 e. The molecule has 2 atom stereocenters. The molecule has 1 unspecified atom stereocenters. The number of nitrogens with one attached hydrogen (secondary N) is 1. The van der Waals surface area contributed by atoms with Gasteiger partial charge in [-0.05, 0) is 43.5 Å². The fourth-order valence-electron chi connectivity index (χ4n) is 5.09. The first-order valence-corrected chi connectivity index (χ1v) is 15.7. The second-order valence-corrected chi connectivity index (χ2v) is 13.6. The molecule has 2 saturated heterocycles. The molecule has 1 aromatic heterocycles. The summed E-state index contributed by atoms with van der Waals surface area (Å²) in [4.78, 5) is 4.43. The third-order valence-corrected chi connectivity index (χ3v) is 10.0. The maximum Gasteiger partial charge on any atom is 0.244 e. The van der Waals surface area contributed by atoms with Crippen molar-refractivity contribution in [1.82, 2.24) is 14.6 Å². The Morgan fingerprint density at radius 1 is 1.10 bits per heavy atom. The van der Waals surface area contributed by atoms with Crippen LogP contribution in [-0.4, -0.2) is 81.8 Å². The van der Waals surface area contributed by atoms with Gasteiger partial charge in [0, 0.05) is 43.3 Å². The quantitative estimate of drug-likeness (QED) is 0.340. The zero-order chi connectivity index (χ0) is 27.7. The number of fused-ring (bicyclic) bond motifs is 1. The van der Waals surface area contributed by atoms with Crippen LogP contribution in [0.25, 0.3) is 10.9 Å². The number of primary sulfonamides is 1. The van der Waals surface area contributed by atoms with Gasteiger partial charge in [-0.3, -0.25) is 4.98 Å². The number of piperidine rings is 1. The predicted octanol–water partition coefficient (Wildman–Crippen LogP) is 1.22. The molecule has 0 radical (unpaired) electrons. The van der Waals surface area contributed by atoms with Crippen molar-refractivity contribution >= 4 is 30.9 Å². The number of sulfonamides is 2. The van der Waals surface area contributed by atoms with Crippen molar-refractivity contribution in [3.8, 4) is 5.75 Å². The van der Waals surface area contributed by atoms with E-state index in [2.05, 4.69) is 10.3 Å². The Morgan fingerprint density at radius 2 is 1.87 bits per heavy atom. The Bertz CT molecular complexity index is 1540. The second-order valence-electron chi connectivity index (χ2n) is 10.1. The van der Waals surface area contributed by atoms with E-state index >= 15 is 0 Å². The van der Waals surface area contributed by atoms with Crippen LogP contribution in [0.1, 0.15) is 19.3 Å². The summed E-state index contributed by atoms with van der Waals surface area (Å²) in [6, 6.07) is 14.9. The van der Waals surface area contributed by atoms with Crippen LogP contribution in [0, 0.1) is 0 Å². The number of ether oxygens (including phenoxy) is 2. The molecule has 13 heteroatoms. The summed E-state index contributed by atoms with van der Waals surface area (Å²) in [5, 5.41) is 19.6. The van der Waals surface area contributed by atoms with Gasteiger partial charge in [-0.1, -0.05) is 24.3 Å². The zero-order valence-corrected chi connectivity index (χ0v) is 22.9. The maximum atomic E-state index is 13.3. The monoisotopic (exact) mass is 576 g/mol. The second kappa shape index (κ2) is 11.1. The van der Waals surface area contributed by atoms with E-state index in [1.165, 1.54) is 28.7 Å². The van der Waals surface area contributed by atoms with Gasteiger partial charge in [0.2, 0.25) is 20.0 Å². The van der Waals surface area contributed by atoms with Gasteiger partial charge in [0.25, 0.3) is 0 Å². The minimum Gasteiger partial charge on any atom is -0.491 e. The molecular formula is C26H32N4O7S2. The summed E-state index contributed by atoms with van der Waals surface area (Å²) >= 11 is 0. The number of pyridine rings is 1. The number of aliphatic hydroxyl groups is 1. The van der Waals surface area contributed by atoms with Gasteiger partial charge in [-0.2, -0.15) is 4.31 Å². The third-order valence-electron chi connectivity index (χ3n) is 7.26. The van der Waals surface area contributed by atoms with Crippen LogP contribution in [0.2, 0.25) is 0 Å². The fourth-order valence-corrected chi connectivity index (χ4v) is 7.07. The molecule has 4 N–H and O–H groups in total. The van der Waals surface area contributed by atoms with Crippen LogP contribution < -0.4 is 15.2 Å². The summed E-state index contributed by atoms with van der Waals surface area (Å²) in [6.45, 7) is 1.40. The number of aliphatic hydroxyl groups excluding tert-OH is 1. The molecule has 0 aliphatic carbocycles. The molecule has 2 aliphatic heterocycles. The summed E-state index contributed by atoms with van der Waals surface area (Å²) in [6.07, 6.45) is 2.46. The highest BCUT2D eigenvalue weighted by atomic mass is 32.2. The van der Waals surface area contributed by atoms with Crippen LogP contribution in [0.15, 0.2) is 70.6 Å². The van der Waals surface area contributed by atoms with Crippen molar-refractivity contribution in [2.24, 2.45) is 5.14 Å². The third kappa shape index (κ3) is 6.40. The Balaban J connectivity index is 1.10. The number of rotatable bonds is 9. The molecular weight excluding hydrogens is 544 g/mol. The number of hydrogen-bond donors (Lipinski definition) is 3. The minimum absolute atomic E-state index is 0.0122. The van der Waals surface area contributed by atoms with Gasteiger partial charge >= 0.3 is 0 Å². The molecule has 2 fully saturated rings. The van der Waals surface area contributed by atoms with Crippen LogP contribution in [0.5, 0.6) is 5.75 Å². The Morgan fingerprint density at radius 3 is 2.64 bits per heavy atom. The van der Waals surface area contributed by atoms with Gasteiger partial charge in [0.05, 0.1) is 22.6 Å². The number of nitrogens with zero attached hydrogens (tertiary/aromatic N) is 2. The van der Waals surface area contributed by atoms with Gasteiger partial charge in [0.15, 0.2) is 0 Å². The predicted molar refractivity (Wildman–Crippen MR) is 144 cm³/mol. The van der Waals surface area contributed by atoms with E-state index in [1.54, 1.807) is 12.1 Å². The molecule has 0 amide bonds. The Hall–Kier alpha value is -2.65. The molecule has 2 aliphatic rings. The van der Waals surface area contributed by atoms with Gasteiger partial charge < -0.3 is 19.9 Å². The van der Waals surface area contributed by atoms with E-state index in [-0.39, 0.29) is 29.0 Å². The Labute approximate surface area is 228 Å². The van der Waals surface area contributed by atoms with Gasteiger partial charge in [-0.25, -0.2) is 22.0 Å². The van der Waals surface area contributed by atoms with E-state index in [0.717, 1.165) is 10.9 Å². The average molecular weight is 577 g/mol. The van der Waals surface area contributed by atoms with Crippen LogP contribution in [0.3, 0.4) is 0 Å². The van der Waals surface area contributed by atoms with E-state index in [9.17, 15) is 21.9 Å². The molecule has 0 bridgehead atoms. The minimum atomic E-state index is -3.84. The lowest BCUT2D eigenvalue weighted by Crippen LogP contribution is -2.47. The number of hydrogen-bond acceptors (Lipinski definition) is 9. The lowest BCUT2D eigenvalue weighted by Gasteiger charge is -2.38. The van der Waals surface area contributed by atoms with Crippen molar-refractivity contribution in [3.63, 3.8) is 0 Å². The van der Waals surface area contributed by atoms with Gasteiger partial charge in [-0.15, -0.1) is 0 Å². The Kier molecular flexibility index (Phi) is 7.93. The van der Waals surface area contributed by atoms with Gasteiger partial charge in [0.1, 0.15) is 23.4 Å². The molecule has 3 heterocycles. The summed E-state index contributed by atoms with van der Waals surface area (Å²) in [7, 11) is -7.50. The lowest BCUT2D eigenvalue weighted by atomic mass is 9.88. The SMILES string of the molecule is NS(=O)(=O)c1cccc(OCC(O)CN[C@H]2COC3(CCN(S(=O)(=O)c4cnc5ccccc5c4)CC3)C2)c1. The zero-order valence-electron chi connectivity index (χ0n) is 21.3. The number of para-hydroxylation sites is 1. The van der Waals surface area contributed by atoms with E-state index in [1.807, 2.05) is 24.3 Å². The van der Waals surface area contributed by atoms with E-state index in [4.69, 9.17) is 14.6 Å². The van der Waals surface area contributed by atoms with E-state index < -0.39 is 31.8 Å². The van der Waals surface area contributed by atoms with E-state index in [0.29, 0.717) is 44.7 Å². The van der Waals surface area contributed by atoms with Crippen molar-refractivity contribution in [2.45, 2.75) is 46.8 Å². The normalized spacial score (nSPS) is 20.8. The topological polar surface area (TPSA) is 161 Å². The summed E-state index contributed by atoms with van der Waals surface area (Å²) in [5.74, 6) is 0.296. The lowest BCUT2D eigenvalue weighted by molar-refractivity contribution is -0.0312. The molecule has 39 heavy (non-hydrogen) atoms. The number of aromatic nitrogens is 1. The molecule has 3 aromatic rings. The summed E-state index contributed by atoms with van der Waals surface area (Å²) in [5.41, 5.74) is 0.348. The van der Waals surface area contributed by atoms with Crippen LogP contribution in [-0.2, 0) is 24.8 Å². The molecule has 0 saturated carbocycles. The first-order chi connectivity index (χ1) is 18.5. The largest absolute Gasteiger partial charge is 0.491 e. The molecule has 11 nitrogen and oxygen atoms in total. The highest BCUT2D eigenvalue weighted by Gasteiger charge is 2.44.